The van der Waals surface area contributed by atoms with Gasteiger partial charge in [-0.3, -0.25) is 4.98 Å². The van der Waals surface area contributed by atoms with Gasteiger partial charge in [0.05, 0.1) is 5.69 Å². The van der Waals surface area contributed by atoms with Gasteiger partial charge >= 0.3 is 0 Å². The number of pyridine rings is 1. The summed E-state index contributed by atoms with van der Waals surface area (Å²) >= 11 is 0. The number of imidazole rings is 1. The minimum absolute atomic E-state index is 0.254. The van der Waals surface area contributed by atoms with Crippen LogP contribution in [0.25, 0.3) is 0 Å². The highest BCUT2D eigenvalue weighted by Gasteiger charge is 2.17. The SMILES string of the molecule is CCc1cccnc1C(N)c1nccn1C. The normalized spacial score (nSPS) is 12.7. The minimum Gasteiger partial charge on any atom is -0.336 e. The number of aromatic nitrogens is 3. The van der Waals surface area contributed by atoms with Crippen LogP contribution >= 0.6 is 0 Å². The van der Waals surface area contributed by atoms with Crippen molar-refractivity contribution in [2.45, 2.75) is 19.4 Å². The van der Waals surface area contributed by atoms with Crippen LogP contribution in [0.1, 0.15) is 30.0 Å². The second kappa shape index (κ2) is 4.45. The Morgan fingerprint density at radius 1 is 1.38 bits per heavy atom. The average Bonchev–Trinajstić information content (AvgIpc) is 2.74. The third kappa shape index (κ3) is 1.84. The lowest BCUT2D eigenvalue weighted by atomic mass is 10.1. The first-order valence-electron chi connectivity index (χ1n) is 5.40. The molecule has 1 unspecified atom stereocenters. The Morgan fingerprint density at radius 3 is 2.81 bits per heavy atom. The summed E-state index contributed by atoms with van der Waals surface area (Å²) in [5.74, 6) is 0.841. The van der Waals surface area contributed by atoms with Crippen LogP contribution < -0.4 is 5.73 Å². The fourth-order valence-electron chi connectivity index (χ4n) is 1.83. The molecule has 0 bridgehead atoms. The van der Waals surface area contributed by atoms with Gasteiger partial charge in [-0.05, 0) is 18.1 Å². The summed E-state index contributed by atoms with van der Waals surface area (Å²) in [4.78, 5) is 8.63. The Kier molecular flexibility index (Phi) is 3.01. The van der Waals surface area contributed by atoms with Crippen LogP contribution in [0.5, 0.6) is 0 Å². The summed E-state index contributed by atoms with van der Waals surface area (Å²) in [7, 11) is 1.94. The Balaban J connectivity index is 2.41. The van der Waals surface area contributed by atoms with Crippen molar-refractivity contribution in [2.24, 2.45) is 12.8 Å². The van der Waals surface area contributed by atoms with Crippen LogP contribution in [0.3, 0.4) is 0 Å². The summed E-state index contributed by atoms with van der Waals surface area (Å²) in [5.41, 5.74) is 8.29. The monoisotopic (exact) mass is 216 g/mol. The van der Waals surface area contributed by atoms with Crippen LogP contribution in [0, 0.1) is 0 Å². The summed E-state index contributed by atoms with van der Waals surface area (Å²) in [5, 5.41) is 0. The van der Waals surface area contributed by atoms with Gasteiger partial charge in [0, 0.05) is 25.6 Å². The van der Waals surface area contributed by atoms with E-state index in [1.807, 2.05) is 23.9 Å². The molecule has 2 heterocycles. The molecular weight excluding hydrogens is 200 g/mol. The molecule has 0 aliphatic rings. The number of hydrogen-bond acceptors (Lipinski definition) is 3. The molecule has 4 nitrogen and oxygen atoms in total. The Morgan fingerprint density at radius 2 is 2.19 bits per heavy atom. The van der Waals surface area contributed by atoms with E-state index < -0.39 is 0 Å². The Labute approximate surface area is 95.1 Å². The number of aryl methyl sites for hydroxylation is 2. The lowest BCUT2D eigenvalue weighted by molar-refractivity contribution is 0.692. The zero-order chi connectivity index (χ0) is 11.5. The average molecular weight is 216 g/mol. The molecule has 4 heteroatoms. The smallest absolute Gasteiger partial charge is 0.131 e. The fourth-order valence-corrected chi connectivity index (χ4v) is 1.83. The molecule has 2 aromatic heterocycles. The van der Waals surface area contributed by atoms with Crippen molar-refractivity contribution in [3.63, 3.8) is 0 Å². The molecular formula is C12H16N4. The van der Waals surface area contributed by atoms with Gasteiger partial charge in [-0.2, -0.15) is 0 Å². The predicted molar refractivity (Wildman–Crippen MR) is 62.9 cm³/mol. The largest absolute Gasteiger partial charge is 0.336 e. The second-order valence-corrected chi connectivity index (χ2v) is 3.78. The maximum absolute atomic E-state index is 6.19. The highest BCUT2D eigenvalue weighted by Crippen LogP contribution is 2.19. The van der Waals surface area contributed by atoms with Gasteiger partial charge < -0.3 is 10.3 Å². The molecule has 84 valence electrons. The number of nitrogens with two attached hydrogens (primary N) is 1. The first-order valence-corrected chi connectivity index (χ1v) is 5.40. The summed E-state index contributed by atoms with van der Waals surface area (Å²) in [6, 6.07) is 3.75. The van der Waals surface area contributed by atoms with Crippen LogP contribution in [-0.4, -0.2) is 14.5 Å². The van der Waals surface area contributed by atoms with Crippen molar-refractivity contribution in [3.05, 3.63) is 47.8 Å². The molecule has 2 rings (SSSR count). The van der Waals surface area contributed by atoms with Crippen LogP contribution in [0.4, 0.5) is 0 Å². The number of nitrogens with zero attached hydrogens (tertiary/aromatic N) is 3. The maximum Gasteiger partial charge on any atom is 0.131 e. The molecule has 0 aliphatic heterocycles. The van der Waals surface area contributed by atoms with E-state index in [9.17, 15) is 0 Å². The van der Waals surface area contributed by atoms with Gasteiger partial charge in [0.1, 0.15) is 11.9 Å². The van der Waals surface area contributed by atoms with Gasteiger partial charge in [-0.25, -0.2) is 4.98 Å². The van der Waals surface area contributed by atoms with E-state index in [0.29, 0.717) is 0 Å². The van der Waals surface area contributed by atoms with Gasteiger partial charge in [0.15, 0.2) is 0 Å². The third-order valence-corrected chi connectivity index (χ3v) is 2.74. The van der Waals surface area contributed by atoms with Crippen molar-refractivity contribution >= 4 is 0 Å². The minimum atomic E-state index is -0.254. The quantitative estimate of drug-likeness (QED) is 0.844. The van der Waals surface area contributed by atoms with Crippen LogP contribution in [-0.2, 0) is 13.5 Å². The summed E-state index contributed by atoms with van der Waals surface area (Å²) in [6.07, 6.45) is 6.35. The summed E-state index contributed by atoms with van der Waals surface area (Å²) < 4.78 is 1.93. The number of hydrogen-bond donors (Lipinski definition) is 1. The van der Waals surface area contributed by atoms with Gasteiger partial charge in [0.25, 0.3) is 0 Å². The van der Waals surface area contributed by atoms with E-state index in [4.69, 9.17) is 5.73 Å². The highest BCUT2D eigenvalue weighted by atomic mass is 15.1. The summed E-state index contributed by atoms with van der Waals surface area (Å²) in [6.45, 7) is 2.10. The first kappa shape index (κ1) is 10.8. The molecule has 0 amide bonds. The Bertz CT molecular complexity index is 475. The number of rotatable bonds is 3. The molecule has 16 heavy (non-hydrogen) atoms. The molecule has 0 saturated heterocycles. The van der Waals surface area contributed by atoms with Gasteiger partial charge in [0.2, 0.25) is 0 Å². The van der Waals surface area contributed by atoms with E-state index in [2.05, 4.69) is 23.0 Å². The van der Waals surface area contributed by atoms with Gasteiger partial charge in [-0.15, -0.1) is 0 Å². The molecule has 0 radical (unpaired) electrons. The van der Waals surface area contributed by atoms with E-state index in [0.717, 1.165) is 17.9 Å². The van der Waals surface area contributed by atoms with E-state index in [1.54, 1.807) is 12.4 Å². The molecule has 2 N–H and O–H groups in total. The second-order valence-electron chi connectivity index (χ2n) is 3.78. The van der Waals surface area contributed by atoms with Crippen molar-refractivity contribution in [2.75, 3.05) is 0 Å². The highest BCUT2D eigenvalue weighted by molar-refractivity contribution is 5.27. The topological polar surface area (TPSA) is 56.7 Å². The lowest BCUT2D eigenvalue weighted by Crippen LogP contribution is -2.19. The lowest BCUT2D eigenvalue weighted by Gasteiger charge is -2.14. The molecule has 0 spiro atoms. The van der Waals surface area contributed by atoms with Crippen molar-refractivity contribution in [1.29, 1.82) is 0 Å². The zero-order valence-corrected chi connectivity index (χ0v) is 9.59. The van der Waals surface area contributed by atoms with Crippen molar-refractivity contribution < 1.29 is 0 Å². The fraction of sp³-hybridized carbons (Fsp3) is 0.333. The van der Waals surface area contributed by atoms with E-state index in [-0.39, 0.29) is 6.04 Å². The molecule has 0 fully saturated rings. The molecule has 0 saturated carbocycles. The predicted octanol–water partition coefficient (Wildman–Crippen LogP) is 1.43. The van der Waals surface area contributed by atoms with E-state index in [1.165, 1.54) is 5.56 Å². The standard InChI is InChI=1S/C12H16N4/c1-3-9-5-4-6-14-11(9)10(13)12-15-7-8-16(12)2/h4-8,10H,3,13H2,1-2H3. The molecule has 0 aromatic carbocycles. The third-order valence-electron chi connectivity index (χ3n) is 2.74. The molecule has 2 aromatic rings. The maximum atomic E-state index is 6.19. The van der Waals surface area contributed by atoms with Crippen molar-refractivity contribution in [1.82, 2.24) is 14.5 Å². The van der Waals surface area contributed by atoms with Gasteiger partial charge in [-0.1, -0.05) is 13.0 Å². The Hall–Kier alpha value is -1.68. The zero-order valence-electron chi connectivity index (χ0n) is 9.59. The van der Waals surface area contributed by atoms with E-state index >= 15 is 0 Å². The molecule has 1 atom stereocenters. The first-order chi connectivity index (χ1) is 7.74. The van der Waals surface area contributed by atoms with Crippen LogP contribution in [0.15, 0.2) is 30.7 Å². The van der Waals surface area contributed by atoms with Crippen LogP contribution in [0.2, 0.25) is 0 Å². The molecule has 0 aliphatic carbocycles. The van der Waals surface area contributed by atoms with Crippen molar-refractivity contribution in [3.8, 4) is 0 Å².